The van der Waals surface area contributed by atoms with Gasteiger partial charge in [0.25, 0.3) is 5.56 Å². The second kappa shape index (κ2) is 11.4. The first-order valence-corrected chi connectivity index (χ1v) is 12.8. The largest absolute Gasteiger partial charge is 0.573 e. The lowest BCUT2D eigenvalue weighted by Gasteiger charge is -2.26. The summed E-state index contributed by atoms with van der Waals surface area (Å²) in [6.07, 6.45) is -1.31. The standard InChI is InChI=1S/C25H23F4N3O5S/c26-20-3-1-18(2-4-20)16-31-12-9-19(15-24(31)33)17-36-30-21-10-13-32(14-11-21)38(34,35)23-7-5-22(6-8-23)37-25(27,28)29/h1-10,12,15,30H,11,13-14,16-17H2. The highest BCUT2D eigenvalue weighted by Crippen LogP contribution is 2.26. The van der Waals surface area contributed by atoms with Crippen molar-refractivity contribution >= 4 is 10.0 Å². The maximum Gasteiger partial charge on any atom is 0.573 e. The van der Waals surface area contributed by atoms with Crippen LogP contribution in [0.25, 0.3) is 0 Å². The maximum atomic E-state index is 13.1. The van der Waals surface area contributed by atoms with Crippen LogP contribution in [0.4, 0.5) is 17.6 Å². The summed E-state index contributed by atoms with van der Waals surface area (Å²) in [5.74, 6) is -0.861. The first-order valence-electron chi connectivity index (χ1n) is 11.4. The van der Waals surface area contributed by atoms with Crippen LogP contribution in [0.5, 0.6) is 5.75 Å². The molecule has 0 atom stereocenters. The Bertz CT molecular complexity index is 1450. The number of alkyl halides is 3. The van der Waals surface area contributed by atoms with Crippen molar-refractivity contribution in [3.05, 3.63) is 106 Å². The molecule has 0 bridgehead atoms. The molecule has 0 saturated heterocycles. The molecule has 4 rings (SSSR count). The minimum atomic E-state index is -4.87. The second-order valence-corrected chi connectivity index (χ2v) is 10.3. The van der Waals surface area contributed by atoms with E-state index in [-0.39, 0.29) is 36.0 Å². The van der Waals surface area contributed by atoms with Crippen molar-refractivity contribution in [2.24, 2.45) is 0 Å². The van der Waals surface area contributed by atoms with E-state index in [2.05, 4.69) is 10.2 Å². The Morgan fingerprint density at radius 1 is 0.974 bits per heavy atom. The number of hydroxylamine groups is 1. The van der Waals surface area contributed by atoms with E-state index in [0.717, 1.165) is 29.8 Å². The number of hydrogen-bond donors (Lipinski definition) is 1. The molecule has 1 aliphatic heterocycles. The van der Waals surface area contributed by atoms with Gasteiger partial charge in [0, 0.05) is 37.5 Å². The number of halogens is 4. The highest BCUT2D eigenvalue weighted by Gasteiger charge is 2.31. The Balaban J connectivity index is 1.28. The predicted molar refractivity (Wildman–Crippen MR) is 129 cm³/mol. The van der Waals surface area contributed by atoms with Gasteiger partial charge in [0.2, 0.25) is 10.0 Å². The van der Waals surface area contributed by atoms with E-state index in [4.69, 9.17) is 4.84 Å². The fraction of sp³-hybridized carbons (Fsp3) is 0.240. The van der Waals surface area contributed by atoms with Gasteiger partial charge in [-0.3, -0.25) is 15.1 Å². The number of pyridine rings is 1. The van der Waals surface area contributed by atoms with Crippen LogP contribution in [-0.2, 0) is 28.0 Å². The normalized spacial score (nSPS) is 14.7. The van der Waals surface area contributed by atoms with E-state index in [1.54, 1.807) is 30.5 Å². The van der Waals surface area contributed by atoms with Crippen molar-refractivity contribution in [2.45, 2.75) is 30.8 Å². The lowest BCUT2D eigenvalue weighted by atomic mass is 10.2. The third kappa shape index (κ3) is 7.21. The number of benzene rings is 2. The quantitative estimate of drug-likeness (QED) is 0.319. The number of rotatable bonds is 9. The van der Waals surface area contributed by atoms with Crippen molar-refractivity contribution in [2.75, 3.05) is 13.1 Å². The molecular weight excluding hydrogens is 530 g/mol. The van der Waals surface area contributed by atoms with Crippen LogP contribution < -0.4 is 15.8 Å². The van der Waals surface area contributed by atoms with E-state index in [1.165, 1.54) is 27.1 Å². The smallest absolute Gasteiger partial charge is 0.406 e. The summed E-state index contributed by atoms with van der Waals surface area (Å²) in [6, 6.07) is 13.0. The molecule has 0 unspecified atom stereocenters. The van der Waals surface area contributed by atoms with Gasteiger partial charge >= 0.3 is 6.36 Å². The van der Waals surface area contributed by atoms with Crippen LogP contribution >= 0.6 is 0 Å². The maximum absolute atomic E-state index is 13.1. The molecular formula is C25H23F4N3O5S. The number of sulfonamides is 1. The molecule has 38 heavy (non-hydrogen) atoms. The van der Waals surface area contributed by atoms with Gasteiger partial charge in [0.1, 0.15) is 11.6 Å². The van der Waals surface area contributed by atoms with Crippen molar-refractivity contribution in [3.63, 3.8) is 0 Å². The lowest BCUT2D eigenvalue weighted by Crippen LogP contribution is -2.36. The Morgan fingerprint density at radius 3 is 2.29 bits per heavy atom. The van der Waals surface area contributed by atoms with Crippen molar-refractivity contribution in [1.82, 2.24) is 14.4 Å². The molecule has 0 fully saturated rings. The monoisotopic (exact) mass is 553 g/mol. The van der Waals surface area contributed by atoms with E-state index < -0.39 is 22.1 Å². The predicted octanol–water partition coefficient (Wildman–Crippen LogP) is 3.93. The van der Waals surface area contributed by atoms with E-state index >= 15 is 0 Å². The number of nitrogens with zero attached hydrogens (tertiary/aromatic N) is 2. The number of nitrogens with one attached hydrogen (secondary N) is 1. The Kier molecular flexibility index (Phi) is 8.19. The number of aromatic nitrogens is 1. The zero-order chi connectivity index (χ0) is 27.3. The fourth-order valence-electron chi connectivity index (χ4n) is 3.69. The zero-order valence-corrected chi connectivity index (χ0v) is 20.6. The van der Waals surface area contributed by atoms with Gasteiger partial charge in [-0.05, 0) is 59.7 Å². The Morgan fingerprint density at radius 2 is 1.68 bits per heavy atom. The van der Waals surface area contributed by atoms with Crippen LogP contribution in [-0.4, -0.2) is 36.7 Å². The zero-order valence-electron chi connectivity index (χ0n) is 19.8. The minimum Gasteiger partial charge on any atom is -0.406 e. The molecule has 1 aromatic heterocycles. The average molecular weight is 554 g/mol. The second-order valence-electron chi connectivity index (χ2n) is 8.38. The first-order chi connectivity index (χ1) is 18.0. The van der Waals surface area contributed by atoms with Crippen molar-refractivity contribution < 1.29 is 35.6 Å². The van der Waals surface area contributed by atoms with Gasteiger partial charge in [0.05, 0.1) is 18.0 Å². The van der Waals surface area contributed by atoms with E-state index in [1.807, 2.05) is 0 Å². The van der Waals surface area contributed by atoms with Crippen molar-refractivity contribution in [1.29, 1.82) is 0 Å². The van der Waals surface area contributed by atoms with Gasteiger partial charge in [0.15, 0.2) is 0 Å². The minimum absolute atomic E-state index is 0.0360. The summed E-state index contributed by atoms with van der Waals surface area (Å²) < 4.78 is 82.1. The highest BCUT2D eigenvalue weighted by molar-refractivity contribution is 7.89. The molecule has 3 aromatic rings. The fourth-order valence-corrected chi connectivity index (χ4v) is 5.07. The Hall–Kier alpha value is -3.68. The molecule has 2 aromatic carbocycles. The summed E-state index contributed by atoms with van der Waals surface area (Å²) in [6.45, 7) is 0.549. The van der Waals surface area contributed by atoms with E-state index in [9.17, 15) is 30.8 Å². The van der Waals surface area contributed by atoms with Gasteiger partial charge in [-0.15, -0.1) is 13.2 Å². The summed E-state index contributed by atoms with van der Waals surface area (Å²) >= 11 is 0. The van der Waals surface area contributed by atoms with Crippen LogP contribution in [0.15, 0.2) is 88.3 Å². The molecule has 2 heterocycles. The molecule has 0 amide bonds. The Labute approximate surface area is 215 Å². The third-order valence-electron chi connectivity index (χ3n) is 5.64. The van der Waals surface area contributed by atoms with Crippen LogP contribution in [0.3, 0.4) is 0 Å². The van der Waals surface area contributed by atoms with Gasteiger partial charge in [-0.1, -0.05) is 12.1 Å². The molecule has 202 valence electrons. The molecule has 0 aliphatic carbocycles. The molecule has 1 aliphatic rings. The molecule has 13 heteroatoms. The summed E-state index contributed by atoms with van der Waals surface area (Å²) in [7, 11) is -3.92. The van der Waals surface area contributed by atoms with Gasteiger partial charge < -0.3 is 9.30 Å². The summed E-state index contributed by atoms with van der Waals surface area (Å²) in [5, 5.41) is 0. The molecule has 0 saturated carbocycles. The van der Waals surface area contributed by atoms with Crippen molar-refractivity contribution in [3.8, 4) is 5.75 Å². The SMILES string of the molecule is O=c1cc(CONC2=CCN(S(=O)(=O)c3ccc(OC(F)(F)F)cc3)CC2)ccn1Cc1ccc(F)cc1. The first kappa shape index (κ1) is 27.4. The number of hydrogen-bond acceptors (Lipinski definition) is 6. The number of ether oxygens (including phenoxy) is 1. The van der Waals surface area contributed by atoms with Crippen LogP contribution in [0.2, 0.25) is 0 Å². The highest BCUT2D eigenvalue weighted by atomic mass is 32.2. The molecule has 1 N–H and O–H groups in total. The summed E-state index contributed by atoms with van der Waals surface area (Å²) in [5.41, 5.74) is 4.57. The molecule has 0 spiro atoms. The lowest BCUT2D eigenvalue weighted by molar-refractivity contribution is -0.274. The van der Waals surface area contributed by atoms with E-state index in [0.29, 0.717) is 24.2 Å². The molecule has 0 radical (unpaired) electrons. The van der Waals surface area contributed by atoms with Crippen LogP contribution in [0.1, 0.15) is 17.5 Å². The average Bonchev–Trinajstić information content (AvgIpc) is 2.87. The van der Waals surface area contributed by atoms with Gasteiger partial charge in [-0.2, -0.15) is 4.31 Å². The third-order valence-corrected chi connectivity index (χ3v) is 7.52. The topological polar surface area (TPSA) is 89.9 Å². The summed E-state index contributed by atoms with van der Waals surface area (Å²) in [4.78, 5) is 17.7. The van der Waals surface area contributed by atoms with Crippen LogP contribution in [0, 0.1) is 5.82 Å². The van der Waals surface area contributed by atoms with Gasteiger partial charge in [-0.25, -0.2) is 12.8 Å². The molecule has 8 nitrogen and oxygen atoms in total.